The Bertz CT molecular complexity index is 325. The Labute approximate surface area is 141 Å². The number of hydrogen-bond acceptors (Lipinski definition) is 0. The first-order chi connectivity index (χ1) is 10.8. The van der Waals surface area contributed by atoms with Gasteiger partial charge in [-0.3, -0.25) is 0 Å². The Morgan fingerprint density at radius 1 is 0.591 bits per heavy atom. The van der Waals surface area contributed by atoms with Crippen LogP contribution < -0.4 is 0 Å². The Morgan fingerprint density at radius 3 is 1.55 bits per heavy atom. The maximum atomic E-state index is 2.48. The van der Waals surface area contributed by atoms with Crippen molar-refractivity contribution < 1.29 is 0 Å². The highest BCUT2D eigenvalue weighted by atomic mass is 14.1. The molecule has 0 atom stereocenters. The first kappa shape index (κ1) is 23.5. The van der Waals surface area contributed by atoms with Crippen molar-refractivity contribution in [1.82, 2.24) is 0 Å². The fraction of sp³-hybridized carbons (Fsp3) is 0.727. The van der Waals surface area contributed by atoms with E-state index in [0.717, 1.165) is 0 Å². The molecule has 0 heterocycles. The Kier molecular flexibility index (Phi) is 19.5. The van der Waals surface area contributed by atoms with Crippen LogP contribution in [0.4, 0.5) is 0 Å². The average molecular weight is 307 g/mol. The minimum atomic E-state index is 1.25. The minimum absolute atomic E-state index is 1.25. The van der Waals surface area contributed by atoms with Gasteiger partial charge in [0.15, 0.2) is 0 Å². The number of aryl methyl sites for hydroxylation is 3. The van der Waals surface area contributed by atoms with Crippen molar-refractivity contribution in [3.8, 4) is 0 Å². The van der Waals surface area contributed by atoms with Gasteiger partial charge in [0.1, 0.15) is 0 Å². The van der Waals surface area contributed by atoms with Crippen LogP contribution >= 0.6 is 0 Å². The zero-order valence-electron chi connectivity index (χ0n) is 16.6. The highest BCUT2D eigenvalue weighted by Gasteiger charge is 2.04. The molecule has 0 aromatic heterocycles. The maximum absolute atomic E-state index is 2.48. The van der Waals surface area contributed by atoms with Crippen LogP contribution in [-0.2, 0) is 19.3 Å². The summed E-state index contributed by atoms with van der Waals surface area (Å²) in [6.45, 7) is 14.8. The quantitative estimate of drug-likeness (QED) is 0.437. The fourth-order valence-corrected chi connectivity index (χ4v) is 2.43. The minimum Gasteiger partial charge on any atom is -0.0683 e. The highest BCUT2D eigenvalue weighted by Crippen LogP contribution is 2.18. The van der Waals surface area contributed by atoms with E-state index in [2.05, 4.69) is 39.0 Å². The molecule has 0 saturated heterocycles. The molecule has 0 heteroatoms. The maximum Gasteiger partial charge on any atom is -0.0276 e. The summed E-state index contributed by atoms with van der Waals surface area (Å²) in [6.07, 6.45) is 11.7. The van der Waals surface area contributed by atoms with Crippen LogP contribution in [0.5, 0.6) is 0 Å². The Hall–Kier alpha value is -0.780. The predicted molar refractivity (Wildman–Crippen MR) is 105 cm³/mol. The molecule has 0 spiro atoms. The molecule has 0 aliphatic rings. The molecule has 0 aliphatic carbocycles. The number of benzene rings is 1. The summed E-state index contributed by atoms with van der Waals surface area (Å²) in [7, 11) is 0. The molecular weight excluding hydrogens is 264 g/mol. The first-order valence-electron chi connectivity index (χ1n) is 9.92. The van der Waals surface area contributed by atoms with Crippen molar-refractivity contribution in [1.29, 1.82) is 0 Å². The van der Waals surface area contributed by atoms with E-state index < -0.39 is 0 Å². The molecule has 22 heavy (non-hydrogen) atoms. The van der Waals surface area contributed by atoms with Gasteiger partial charge < -0.3 is 0 Å². The molecule has 0 unspecified atom stereocenters. The van der Waals surface area contributed by atoms with Crippen molar-refractivity contribution in [3.05, 3.63) is 34.9 Å². The third-order valence-electron chi connectivity index (χ3n) is 3.69. The van der Waals surface area contributed by atoms with Crippen LogP contribution in [-0.4, -0.2) is 0 Å². The van der Waals surface area contributed by atoms with Crippen molar-refractivity contribution in [2.45, 2.75) is 106 Å². The molecule has 0 bridgehead atoms. The summed E-state index contributed by atoms with van der Waals surface area (Å²) in [4.78, 5) is 0. The first-order valence-corrected chi connectivity index (χ1v) is 9.92. The normalized spacial score (nSPS) is 9.41. The van der Waals surface area contributed by atoms with Gasteiger partial charge >= 0.3 is 0 Å². The van der Waals surface area contributed by atoms with Gasteiger partial charge in [-0.05, 0) is 55.2 Å². The van der Waals surface area contributed by atoms with Crippen LogP contribution in [0.1, 0.15) is 104 Å². The van der Waals surface area contributed by atoms with Crippen molar-refractivity contribution in [2.75, 3.05) is 0 Å². The Balaban J connectivity index is 0. The lowest BCUT2D eigenvalue weighted by Crippen LogP contribution is -1.97. The van der Waals surface area contributed by atoms with E-state index in [9.17, 15) is 0 Å². The molecule has 1 rings (SSSR count). The average Bonchev–Trinajstić information content (AvgIpc) is 2.60. The van der Waals surface area contributed by atoms with E-state index in [0.29, 0.717) is 0 Å². The lowest BCUT2D eigenvalue weighted by Gasteiger charge is -2.11. The highest BCUT2D eigenvalue weighted by molar-refractivity contribution is 5.32. The SMILES string of the molecule is CC.CC.CCCCc1ccc(CCCC)c(CCCC)c1. The third-order valence-corrected chi connectivity index (χ3v) is 3.69. The molecule has 130 valence electrons. The van der Waals surface area contributed by atoms with Crippen LogP contribution in [0, 0.1) is 0 Å². The molecule has 0 saturated carbocycles. The smallest absolute Gasteiger partial charge is 0.0276 e. The fourth-order valence-electron chi connectivity index (χ4n) is 2.43. The summed E-state index contributed by atoms with van der Waals surface area (Å²) in [5, 5.41) is 0. The topological polar surface area (TPSA) is 0 Å². The monoisotopic (exact) mass is 306 g/mol. The molecule has 0 amide bonds. The van der Waals surface area contributed by atoms with Crippen LogP contribution in [0.3, 0.4) is 0 Å². The second kappa shape index (κ2) is 18.3. The summed E-state index contributed by atoms with van der Waals surface area (Å²) >= 11 is 0. The number of hydrogen-bond donors (Lipinski definition) is 0. The standard InChI is InChI=1S/C18H30.2C2H6/c1-4-7-10-16-13-14-17(11-8-5-2)18(15-16)12-9-6-3;2*1-2/h13-15H,4-12H2,1-3H3;2*1-2H3. The molecule has 0 nitrogen and oxygen atoms in total. The van der Waals surface area contributed by atoms with Crippen LogP contribution in [0.25, 0.3) is 0 Å². The second-order valence-corrected chi connectivity index (χ2v) is 5.41. The third kappa shape index (κ3) is 10.9. The van der Waals surface area contributed by atoms with E-state index in [1.165, 1.54) is 57.8 Å². The van der Waals surface area contributed by atoms with Crippen molar-refractivity contribution >= 4 is 0 Å². The second-order valence-electron chi connectivity index (χ2n) is 5.41. The van der Waals surface area contributed by atoms with E-state index in [4.69, 9.17) is 0 Å². The molecule has 0 aliphatic heterocycles. The van der Waals surface area contributed by atoms with Crippen LogP contribution in [0.15, 0.2) is 18.2 Å². The van der Waals surface area contributed by atoms with Gasteiger partial charge in [0.25, 0.3) is 0 Å². The summed E-state index contributed by atoms with van der Waals surface area (Å²) in [6, 6.07) is 7.23. The summed E-state index contributed by atoms with van der Waals surface area (Å²) < 4.78 is 0. The lowest BCUT2D eigenvalue weighted by atomic mass is 9.94. The van der Waals surface area contributed by atoms with E-state index >= 15 is 0 Å². The largest absolute Gasteiger partial charge is 0.0683 e. The van der Waals surface area contributed by atoms with Crippen molar-refractivity contribution in [2.24, 2.45) is 0 Å². The zero-order valence-corrected chi connectivity index (χ0v) is 16.6. The predicted octanol–water partition coefficient (Wildman–Crippen LogP) is 7.77. The van der Waals surface area contributed by atoms with Gasteiger partial charge in [-0.2, -0.15) is 0 Å². The molecule has 0 radical (unpaired) electrons. The molecular formula is C22H42. The number of unbranched alkanes of at least 4 members (excludes halogenated alkanes) is 3. The lowest BCUT2D eigenvalue weighted by molar-refractivity contribution is 0.751. The van der Waals surface area contributed by atoms with Crippen molar-refractivity contribution in [3.63, 3.8) is 0 Å². The van der Waals surface area contributed by atoms with Gasteiger partial charge in [0.2, 0.25) is 0 Å². The van der Waals surface area contributed by atoms with E-state index in [-0.39, 0.29) is 0 Å². The molecule has 1 aromatic rings. The van der Waals surface area contributed by atoms with Gasteiger partial charge in [-0.1, -0.05) is 85.9 Å². The Morgan fingerprint density at radius 2 is 1.05 bits per heavy atom. The summed E-state index contributed by atoms with van der Waals surface area (Å²) in [5.41, 5.74) is 4.77. The van der Waals surface area contributed by atoms with E-state index in [1.807, 2.05) is 27.7 Å². The van der Waals surface area contributed by atoms with E-state index in [1.54, 1.807) is 16.7 Å². The van der Waals surface area contributed by atoms with Crippen LogP contribution in [0.2, 0.25) is 0 Å². The van der Waals surface area contributed by atoms with Gasteiger partial charge in [-0.25, -0.2) is 0 Å². The molecule has 0 fully saturated rings. The van der Waals surface area contributed by atoms with Gasteiger partial charge in [0.05, 0.1) is 0 Å². The number of rotatable bonds is 9. The molecule has 1 aromatic carbocycles. The molecule has 0 N–H and O–H groups in total. The summed E-state index contributed by atoms with van der Waals surface area (Å²) in [5.74, 6) is 0. The van der Waals surface area contributed by atoms with Gasteiger partial charge in [-0.15, -0.1) is 0 Å². The zero-order chi connectivity index (χ0) is 17.2. The van der Waals surface area contributed by atoms with Gasteiger partial charge in [0, 0.05) is 0 Å².